The molecular formula is C23H26N4O2. The van der Waals surface area contributed by atoms with Gasteiger partial charge in [0.05, 0.1) is 12.1 Å². The molecule has 0 aliphatic carbocycles. The second-order valence-electron chi connectivity index (χ2n) is 6.46. The summed E-state index contributed by atoms with van der Waals surface area (Å²) in [5.74, 6) is 0.810. The van der Waals surface area contributed by atoms with E-state index in [0.717, 1.165) is 40.1 Å². The monoisotopic (exact) mass is 390 g/mol. The Balaban J connectivity index is 0.000000343. The number of nitrogens with zero attached hydrogens (tertiary/aromatic N) is 3. The van der Waals surface area contributed by atoms with Crippen LogP contribution in [-0.2, 0) is 13.0 Å². The molecular weight excluding hydrogens is 364 g/mol. The first-order valence-corrected chi connectivity index (χ1v) is 9.67. The smallest absolute Gasteiger partial charge is 0.137 e. The maximum absolute atomic E-state index is 9.47. The van der Waals surface area contributed by atoms with Gasteiger partial charge in [0.2, 0.25) is 0 Å². The van der Waals surface area contributed by atoms with Crippen molar-refractivity contribution in [2.45, 2.75) is 20.0 Å². The number of hydrogen-bond donors (Lipinski definition) is 3. The lowest BCUT2D eigenvalue weighted by Crippen LogP contribution is -2.01. The van der Waals surface area contributed by atoms with Crippen LogP contribution >= 0.6 is 0 Å². The normalized spacial score (nSPS) is 10.4. The number of fused-ring (bicyclic) bond motifs is 1. The molecule has 150 valence electrons. The Kier molecular flexibility index (Phi) is 7.33. The van der Waals surface area contributed by atoms with Gasteiger partial charge in [-0.15, -0.1) is 0 Å². The molecule has 0 atom stereocenters. The van der Waals surface area contributed by atoms with E-state index in [1.165, 1.54) is 0 Å². The Morgan fingerprint density at radius 2 is 1.62 bits per heavy atom. The van der Waals surface area contributed by atoms with E-state index in [1.54, 1.807) is 6.33 Å². The predicted octanol–water partition coefficient (Wildman–Crippen LogP) is 3.57. The van der Waals surface area contributed by atoms with Crippen molar-refractivity contribution in [3.05, 3.63) is 84.4 Å². The lowest BCUT2D eigenvalue weighted by molar-refractivity contribution is 0.276. The Labute approximate surface area is 170 Å². The maximum atomic E-state index is 9.47. The highest BCUT2D eigenvalue weighted by Crippen LogP contribution is 2.24. The number of benzene rings is 2. The van der Waals surface area contributed by atoms with E-state index in [-0.39, 0.29) is 13.2 Å². The van der Waals surface area contributed by atoms with Crippen molar-refractivity contribution in [3.63, 3.8) is 0 Å². The van der Waals surface area contributed by atoms with Crippen LogP contribution in [0.4, 0.5) is 5.82 Å². The summed E-state index contributed by atoms with van der Waals surface area (Å²) < 4.78 is 1.96. The molecule has 0 unspecified atom stereocenters. The summed E-state index contributed by atoms with van der Waals surface area (Å²) in [6.45, 7) is 2.84. The van der Waals surface area contributed by atoms with Crippen LogP contribution in [0.3, 0.4) is 0 Å². The third-order valence-electron chi connectivity index (χ3n) is 4.48. The Morgan fingerprint density at radius 3 is 2.24 bits per heavy atom. The lowest BCUT2D eigenvalue weighted by atomic mass is 10.1. The Hall–Kier alpha value is -3.22. The quantitative estimate of drug-likeness (QED) is 0.469. The molecule has 2 aromatic heterocycles. The van der Waals surface area contributed by atoms with Crippen LogP contribution in [-0.4, -0.2) is 37.9 Å². The second-order valence-corrected chi connectivity index (χ2v) is 6.46. The van der Waals surface area contributed by atoms with E-state index >= 15 is 0 Å². The predicted molar refractivity (Wildman–Crippen MR) is 116 cm³/mol. The SMILES string of the molecule is CCNc1ncnc2ccc(-n3cc(CO)c(CCO)c3)cc12.c1ccccc1. The topological polar surface area (TPSA) is 83.2 Å². The molecule has 6 heteroatoms. The van der Waals surface area contributed by atoms with Crippen molar-refractivity contribution in [1.82, 2.24) is 14.5 Å². The van der Waals surface area contributed by atoms with Crippen LogP contribution in [0.2, 0.25) is 0 Å². The molecule has 0 saturated carbocycles. The number of aliphatic hydroxyl groups is 2. The molecule has 0 bridgehead atoms. The van der Waals surface area contributed by atoms with E-state index in [2.05, 4.69) is 15.3 Å². The fourth-order valence-corrected chi connectivity index (χ4v) is 3.07. The summed E-state index contributed by atoms with van der Waals surface area (Å²) in [6.07, 6.45) is 5.92. The summed E-state index contributed by atoms with van der Waals surface area (Å²) in [7, 11) is 0. The molecule has 2 heterocycles. The molecule has 0 fully saturated rings. The molecule has 0 saturated heterocycles. The average Bonchev–Trinajstić information content (AvgIpc) is 3.19. The van der Waals surface area contributed by atoms with Gasteiger partial charge in [0, 0.05) is 36.6 Å². The molecule has 0 amide bonds. The first-order chi connectivity index (χ1) is 14.3. The number of hydrogen-bond acceptors (Lipinski definition) is 5. The minimum absolute atomic E-state index is 0.0400. The highest BCUT2D eigenvalue weighted by Gasteiger charge is 2.09. The minimum atomic E-state index is -0.0400. The zero-order valence-corrected chi connectivity index (χ0v) is 16.5. The van der Waals surface area contributed by atoms with Crippen LogP contribution in [0.25, 0.3) is 16.6 Å². The van der Waals surface area contributed by atoms with Crippen molar-refractivity contribution in [3.8, 4) is 5.69 Å². The van der Waals surface area contributed by atoms with Crippen molar-refractivity contribution in [1.29, 1.82) is 0 Å². The van der Waals surface area contributed by atoms with Gasteiger partial charge in [0.15, 0.2) is 0 Å². The van der Waals surface area contributed by atoms with Gasteiger partial charge in [-0.2, -0.15) is 0 Å². The zero-order chi connectivity index (χ0) is 20.5. The summed E-state index contributed by atoms with van der Waals surface area (Å²) in [6, 6.07) is 18.0. The van der Waals surface area contributed by atoms with E-state index in [9.17, 15) is 5.11 Å². The summed E-state index contributed by atoms with van der Waals surface area (Å²) >= 11 is 0. The van der Waals surface area contributed by atoms with E-state index in [0.29, 0.717) is 6.42 Å². The molecule has 6 nitrogen and oxygen atoms in total. The number of nitrogens with one attached hydrogen (secondary N) is 1. The molecule has 29 heavy (non-hydrogen) atoms. The van der Waals surface area contributed by atoms with Gasteiger partial charge in [0.25, 0.3) is 0 Å². The highest BCUT2D eigenvalue weighted by molar-refractivity contribution is 5.90. The van der Waals surface area contributed by atoms with Gasteiger partial charge in [-0.3, -0.25) is 0 Å². The third kappa shape index (κ3) is 5.19. The number of rotatable bonds is 6. The number of aromatic nitrogens is 3. The van der Waals surface area contributed by atoms with Gasteiger partial charge in [0.1, 0.15) is 12.1 Å². The fraction of sp³-hybridized carbons (Fsp3) is 0.217. The lowest BCUT2D eigenvalue weighted by Gasteiger charge is -2.09. The van der Waals surface area contributed by atoms with Gasteiger partial charge < -0.3 is 20.1 Å². The van der Waals surface area contributed by atoms with Crippen molar-refractivity contribution >= 4 is 16.7 Å². The summed E-state index contributed by atoms with van der Waals surface area (Å²) in [4.78, 5) is 8.59. The van der Waals surface area contributed by atoms with Crippen molar-refractivity contribution in [2.24, 2.45) is 0 Å². The fourth-order valence-electron chi connectivity index (χ4n) is 3.07. The van der Waals surface area contributed by atoms with Crippen molar-refractivity contribution in [2.75, 3.05) is 18.5 Å². The first-order valence-electron chi connectivity index (χ1n) is 9.67. The van der Waals surface area contributed by atoms with E-state index < -0.39 is 0 Å². The Morgan fingerprint density at radius 1 is 0.931 bits per heavy atom. The van der Waals surface area contributed by atoms with Gasteiger partial charge in [-0.1, -0.05) is 36.4 Å². The molecule has 0 aliphatic heterocycles. The minimum Gasteiger partial charge on any atom is -0.396 e. The first kappa shape index (κ1) is 20.5. The van der Waals surface area contributed by atoms with Crippen LogP contribution in [0.15, 0.2) is 73.3 Å². The number of aliphatic hydroxyl groups excluding tert-OH is 2. The highest BCUT2D eigenvalue weighted by atomic mass is 16.3. The summed E-state index contributed by atoms with van der Waals surface area (Å²) in [5.41, 5.74) is 3.62. The van der Waals surface area contributed by atoms with Gasteiger partial charge >= 0.3 is 0 Å². The molecule has 0 aliphatic rings. The second kappa shape index (κ2) is 10.4. The van der Waals surface area contributed by atoms with Crippen LogP contribution in [0, 0.1) is 0 Å². The molecule has 0 radical (unpaired) electrons. The van der Waals surface area contributed by atoms with E-state index in [1.807, 2.05) is 78.5 Å². The molecule has 4 aromatic rings. The largest absolute Gasteiger partial charge is 0.396 e. The molecule has 3 N–H and O–H groups in total. The Bertz CT molecular complexity index is 1000. The van der Waals surface area contributed by atoms with Gasteiger partial charge in [-0.05, 0) is 42.7 Å². The van der Waals surface area contributed by atoms with Crippen LogP contribution < -0.4 is 5.32 Å². The number of anilines is 1. The molecule has 4 rings (SSSR count). The summed E-state index contributed by atoms with van der Waals surface area (Å²) in [5, 5.41) is 22.8. The van der Waals surface area contributed by atoms with Gasteiger partial charge in [-0.25, -0.2) is 9.97 Å². The van der Waals surface area contributed by atoms with Crippen molar-refractivity contribution < 1.29 is 10.2 Å². The maximum Gasteiger partial charge on any atom is 0.137 e. The third-order valence-corrected chi connectivity index (χ3v) is 4.48. The average molecular weight is 390 g/mol. The van der Waals surface area contributed by atoms with Crippen LogP contribution in [0.1, 0.15) is 18.1 Å². The van der Waals surface area contributed by atoms with E-state index in [4.69, 9.17) is 5.11 Å². The molecule has 2 aromatic carbocycles. The van der Waals surface area contributed by atoms with Crippen LogP contribution in [0.5, 0.6) is 0 Å². The zero-order valence-electron chi connectivity index (χ0n) is 16.5. The standard InChI is InChI=1S/C17H20N4O2.C6H6/c1-2-18-17-15-7-14(3-4-16(15)19-11-20-17)21-8-12(5-6-22)13(9-21)10-23;1-2-4-6-5-3-1/h3-4,7-9,11,22-23H,2,5-6,10H2,1H3,(H,18,19,20);1-6H. The molecule has 0 spiro atoms.